The molecule has 0 aliphatic carbocycles. The van der Waals surface area contributed by atoms with Gasteiger partial charge in [0.25, 0.3) is 0 Å². The smallest absolute Gasteiger partial charge is 0.368 e. The lowest BCUT2D eigenvalue weighted by atomic mass is 10.0. The SMILES string of the molecule is Nc1cc(-c2ccc(Cl)cc2C(F)(F)F)no1. The molecule has 90 valence electrons. The number of hydrogen-bond donors (Lipinski definition) is 1. The number of nitrogen functional groups attached to an aromatic ring is 1. The van der Waals surface area contributed by atoms with E-state index >= 15 is 0 Å². The summed E-state index contributed by atoms with van der Waals surface area (Å²) in [6.45, 7) is 0. The summed E-state index contributed by atoms with van der Waals surface area (Å²) in [4.78, 5) is 0. The van der Waals surface area contributed by atoms with Gasteiger partial charge >= 0.3 is 6.18 Å². The molecular formula is C10H6ClF3N2O. The number of aromatic nitrogens is 1. The van der Waals surface area contributed by atoms with Crippen molar-refractivity contribution in [1.82, 2.24) is 5.16 Å². The Bertz CT molecular complexity index is 551. The summed E-state index contributed by atoms with van der Waals surface area (Å²) in [6, 6.07) is 4.62. The van der Waals surface area contributed by atoms with Crippen LogP contribution in [0, 0.1) is 0 Å². The fraction of sp³-hybridized carbons (Fsp3) is 0.100. The van der Waals surface area contributed by atoms with Crippen LogP contribution in [0.25, 0.3) is 11.3 Å². The van der Waals surface area contributed by atoms with Crippen LogP contribution in [0.15, 0.2) is 28.8 Å². The molecule has 3 nitrogen and oxygen atoms in total. The van der Waals surface area contributed by atoms with E-state index in [1.54, 1.807) is 0 Å². The maximum Gasteiger partial charge on any atom is 0.417 e. The Labute approximate surface area is 99.0 Å². The first kappa shape index (κ1) is 11.8. The van der Waals surface area contributed by atoms with Gasteiger partial charge in [0.1, 0.15) is 5.69 Å². The lowest BCUT2D eigenvalue weighted by Crippen LogP contribution is -2.07. The fourth-order valence-electron chi connectivity index (χ4n) is 1.39. The molecular weight excluding hydrogens is 257 g/mol. The van der Waals surface area contributed by atoms with Crippen molar-refractivity contribution in [2.24, 2.45) is 0 Å². The standard InChI is InChI=1S/C10H6ClF3N2O/c11-5-1-2-6(7(3-5)10(12,13)14)8-4-9(15)17-16-8/h1-4H,15H2. The molecule has 0 saturated heterocycles. The number of nitrogens with two attached hydrogens (primary N) is 1. The molecule has 17 heavy (non-hydrogen) atoms. The number of hydrogen-bond acceptors (Lipinski definition) is 3. The van der Waals surface area contributed by atoms with Gasteiger partial charge in [0.15, 0.2) is 0 Å². The largest absolute Gasteiger partial charge is 0.417 e. The molecule has 0 aliphatic rings. The molecule has 1 aromatic heterocycles. The third kappa shape index (κ3) is 2.36. The molecule has 0 amide bonds. The van der Waals surface area contributed by atoms with Crippen molar-refractivity contribution in [2.45, 2.75) is 6.18 Å². The van der Waals surface area contributed by atoms with Gasteiger partial charge in [-0.2, -0.15) is 13.2 Å². The molecule has 0 bridgehead atoms. The van der Waals surface area contributed by atoms with Crippen molar-refractivity contribution in [3.8, 4) is 11.3 Å². The van der Waals surface area contributed by atoms with Gasteiger partial charge in [0.05, 0.1) is 5.56 Å². The lowest BCUT2D eigenvalue weighted by molar-refractivity contribution is -0.137. The third-order valence-corrected chi connectivity index (χ3v) is 2.33. The van der Waals surface area contributed by atoms with Crippen LogP contribution in [0.4, 0.5) is 19.1 Å². The Kier molecular flexibility index (Phi) is 2.74. The van der Waals surface area contributed by atoms with Gasteiger partial charge < -0.3 is 10.3 Å². The molecule has 2 rings (SSSR count). The highest BCUT2D eigenvalue weighted by atomic mass is 35.5. The highest BCUT2D eigenvalue weighted by Crippen LogP contribution is 2.38. The van der Waals surface area contributed by atoms with E-state index in [9.17, 15) is 13.2 Å². The van der Waals surface area contributed by atoms with Crippen LogP contribution in [0.3, 0.4) is 0 Å². The maximum atomic E-state index is 12.8. The molecule has 0 aliphatic heterocycles. The summed E-state index contributed by atoms with van der Waals surface area (Å²) in [5.74, 6) is -0.0527. The van der Waals surface area contributed by atoms with E-state index in [4.69, 9.17) is 17.3 Å². The van der Waals surface area contributed by atoms with E-state index in [1.165, 1.54) is 18.2 Å². The second kappa shape index (κ2) is 3.96. The Morgan fingerprint density at radius 2 is 1.94 bits per heavy atom. The molecule has 0 atom stereocenters. The average molecular weight is 263 g/mol. The topological polar surface area (TPSA) is 52.0 Å². The molecule has 0 radical (unpaired) electrons. The van der Waals surface area contributed by atoms with E-state index in [1.807, 2.05) is 0 Å². The zero-order valence-corrected chi connectivity index (χ0v) is 9.01. The minimum absolute atomic E-state index is 0.00228. The molecule has 2 aromatic rings. The Hall–Kier alpha value is -1.69. The van der Waals surface area contributed by atoms with Crippen LogP contribution in [-0.4, -0.2) is 5.16 Å². The number of alkyl halides is 3. The highest BCUT2D eigenvalue weighted by Gasteiger charge is 2.34. The number of anilines is 1. The Morgan fingerprint density at radius 1 is 1.24 bits per heavy atom. The number of benzene rings is 1. The van der Waals surface area contributed by atoms with Gasteiger partial charge in [-0.05, 0) is 12.1 Å². The van der Waals surface area contributed by atoms with E-state index in [0.717, 1.165) is 6.07 Å². The van der Waals surface area contributed by atoms with Crippen LogP contribution in [0.1, 0.15) is 5.56 Å². The van der Waals surface area contributed by atoms with Crippen molar-refractivity contribution in [3.05, 3.63) is 34.9 Å². The van der Waals surface area contributed by atoms with Crippen molar-refractivity contribution >= 4 is 17.5 Å². The second-order valence-corrected chi connectivity index (χ2v) is 3.74. The van der Waals surface area contributed by atoms with E-state index < -0.39 is 11.7 Å². The van der Waals surface area contributed by atoms with Crippen molar-refractivity contribution in [3.63, 3.8) is 0 Å². The van der Waals surface area contributed by atoms with E-state index in [2.05, 4.69) is 9.68 Å². The van der Waals surface area contributed by atoms with E-state index in [0.29, 0.717) is 0 Å². The summed E-state index contributed by atoms with van der Waals surface area (Å²) < 4.78 is 42.9. The lowest BCUT2D eigenvalue weighted by Gasteiger charge is -2.11. The maximum absolute atomic E-state index is 12.8. The van der Waals surface area contributed by atoms with Crippen LogP contribution >= 0.6 is 11.6 Å². The fourth-order valence-corrected chi connectivity index (χ4v) is 1.56. The van der Waals surface area contributed by atoms with Crippen molar-refractivity contribution in [1.29, 1.82) is 0 Å². The van der Waals surface area contributed by atoms with Crippen LogP contribution in [-0.2, 0) is 6.18 Å². The third-order valence-electron chi connectivity index (χ3n) is 2.09. The molecule has 0 saturated carbocycles. The first-order chi connectivity index (χ1) is 7.88. The zero-order chi connectivity index (χ0) is 12.6. The normalized spacial score (nSPS) is 11.8. The molecule has 1 heterocycles. The predicted molar refractivity (Wildman–Crippen MR) is 56.4 cm³/mol. The molecule has 0 spiro atoms. The minimum atomic E-state index is -4.52. The monoisotopic (exact) mass is 262 g/mol. The molecule has 0 fully saturated rings. The van der Waals surface area contributed by atoms with Crippen LogP contribution < -0.4 is 5.73 Å². The summed E-state index contributed by atoms with van der Waals surface area (Å²) in [7, 11) is 0. The van der Waals surface area contributed by atoms with Crippen LogP contribution in [0.2, 0.25) is 5.02 Å². The van der Waals surface area contributed by atoms with Crippen molar-refractivity contribution < 1.29 is 17.7 Å². The summed E-state index contributed by atoms with van der Waals surface area (Å²) >= 11 is 5.55. The van der Waals surface area contributed by atoms with Gasteiger partial charge in [-0.3, -0.25) is 0 Å². The van der Waals surface area contributed by atoms with Gasteiger partial charge in [-0.25, -0.2) is 0 Å². The molecule has 1 aromatic carbocycles. The molecule has 2 N–H and O–H groups in total. The Balaban J connectivity index is 2.61. The minimum Gasteiger partial charge on any atom is -0.368 e. The first-order valence-corrected chi connectivity index (χ1v) is 4.85. The van der Waals surface area contributed by atoms with Gasteiger partial charge in [-0.1, -0.05) is 22.8 Å². The van der Waals surface area contributed by atoms with Crippen molar-refractivity contribution in [2.75, 3.05) is 5.73 Å². The van der Waals surface area contributed by atoms with Crippen LogP contribution in [0.5, 0.6) is 0 Å². The number of halogens is 4. The molecule has 0 unspecified atom stereocenters. The highest BCUT2D eigenvalue weighted by molar-refractivity contribution is 6.30. The van der Waals surface area contributed by atoms with Gasteiger partial charge in [0, 0.05) is 16.7 Å². The average Bonchev–Trinajstić information content (AvgIpc) is 2.63. The Morgan fingerprint density at radius 3 is 2.47 bits per heavy atom. The van der Waals surface area contributed by atoms with E-state index in [-0.39, 0.29) is 22.2 Å². The summed E-state index contributed by atoms with van der Waals surface area (Å²) in [6.07, 6.45) is -4.52. The quantitative estimate of drug-likeness (QED) is 0.854. The number of rotatable bonds is 1. The zero-order valence-electron chi connectivity index (χ0n) is 8.25. The predicted octanol–water partition coefficient (Wildman–Crippen LogP) is 3.60. The number of nitrogens with zero attached hydrogens (tertiary/aromatic N) is 1. The first-order valence-electron chi connectivity index (χ1n) is 4.47. The molecule has 7 heteroatoms. The van der Waals surface area contributed by atoms with Gasteiger partial charge in [0.2, 0.25) is 5.88 Å². The summed E-state index contributed by atoms with van der Waals surface area (Å²) in [5.41, 5.74) is 4.29. The second-order valence-electron chi connectivity index (χ2n) is 3.30. The van der Waals surface area contributed by atoms with Gasteiger partial charge in [-0.15, -0.1) is 0 Å². The summed E-state index contributed by atoms with van der Waals surface area (Å²) in [5, 5.41) is 3.44.